The first-order valence-corrected chi connectivity index (χ1v) is 6.87. The van der Waals surface area contributed by atoms with Crippen LogP contribution in [0.2, 0.25) is 0 Å². The van der Waals surface area contributed by atoms with Crippen molar-refractivity contribution in [3.05, 3.63) is 0 Å². The predicted octanol–water partition coefficient (Wildman–Crippen LogP) is 1.35. The van der Waals surface area contributed by atoms with E-state index in [2.05, 4.69) is 4.90 Å². The lowest BCUT2D eigenvalue weighted by molar-refractivity contribution is 0.115. The van der Waals surface area contributed by atoms with Gasteiger partial charge in [-0.2, -0.15) is 0 Å². The Bertz CT molecular complexity index is 210. The van der Waals surface area contributed by atoms with Gasteiger partial charge in [-0.25, -0.2) is 0 Å². The van der Waals surface area contributed by atoms with Gasteiger partial charge < -0.3 is 15.7 Å². The van der Waals surface area contributed by atoms with E-state index in [0.717, 1.165) is 6.54 Å². The third-order valence-corrected chi connectivity index (χ3v) is 4.15. The van der Waals surface area contributed by atoms with Crippen LogP contribution in [0.25, 0.3) is 0 Å². The van der Waals surface area contributed by atoms with Gasteiger partial charge in [-0.05, 0) is 44.7 Å². The number of hydrogen-bond donors (Lipinski definition) is 2. The maximum absolute atomic E-state index is 9.50. The summed E-state index contributed by atoms with van der Waals surface area (Å²) in [6.07, 6.45) is 9.13. The maximum atomic E-state index is 9.50. The number of aliphatic hydroxyl groups is 1. The molecule has 1 unspecified atom stereocenters. The van der Waals surface area contributed by atoms with Crippen LogP contribution in [0.3, 0.4) is 0 Å². The van der Waals surface area contributed by atoms with Crippen LogP contribution in [-0.4, -0.2) is 41.8 Å². The highest BCUT2D eigenvalue weighted by atomic mass is 16.3. The summed E-state index contributed by atoms with van der Waals surface area (Å²) in [5.41, 5.74) is 6.01. The quantitative estimate of drug-likeness (QED) is 0.761. The smallest absolute Gasteiger partial charge is 0.0626 e. The number of nitrogens with zero attached hydrogens (tertiary/aromatic N) is 1. The van der Waals surface area contributed by atoms with Gasteiger partial charge >= 0.3 is 0 Å². The number of nitrogens with two attached hydrogens (primary N) is 1. The van der Waals surface area contributed by atoms with Crippen molar-refractivity contribution < 1.29 is 5.11 Å². The Kier molecular flexibility index (Phi) is 4.22. The van der Waals surface area contributed by atoms with E-state index in [0.29, 0.717) is 5.92 Å². The topological polar surface area (TPSA) is 49.5 Å². The molecular formula is C13H26N2O. The molecule has 0 amide bonds. The van der Waals surface area contributed by atoms with E-state index in [1.807, 2.05) is 0 Å². The molecule has 3 heteroatoms. The first-order valence-electron chi connectivity index (χ1n) is 6.87. The summed E-state index contributed by atoms with van der Waals surface area (Å²) in [6, 6.07) is 0. The monoisotopic (exact) mass is 226 g/mol. The van der Waals surface area contributed by atoms with Crippen molar-refractivity contribution in [2.75, 3.05) is 26.2 Å². The lowest BCUT2D eigenvalue weighted by Crippen LogP contribution is -2.55. The molecule has 0 aromatic carbocycles. The van der Waals surface area contributed by atoms with Gasteiger partial charge in [0.05, 0.1) is 12.1 Å². The van der Waals surface area contributed by atoms with Crippen LogP contribution >= 0.6 is 0 Å². The molecule has 2 rings (SSSR count). The fraction of sp³-hybridized carbons (Fsp3) is 1.00. The van der Waals surface area contributed by atoms with Gasteiger partial charge in [-0.3, -0.25) is 0 Å². The fourth-order valence-electron chi connectivity index (χ4n) is 2.85. The highest BCUT2D eigenvalue weighted by Crippen LogP contribution is 2.38. The molecule has 0 radical (unpaired) electrons. The number of rotatable bonds is 4. The molecular weight excluding hydrogens is 200 g/mol. The van der Waals surface area contributed by atoms with Crippen LogP contribution in [0, 0.1) is 5.92 Å². The minimum atomic E-state index is -0.320. The number of hydrogen-bond acceptors (Lipinski definition) is 3. The highest BCUT2D eigenvalue weighted by molar-refractivity contribution is 5.00. The van der Waals surface area contributed by atoms with Crippen LogP contribution in [0.15, 0.2) is 0 Å². The third kappa shape index (κ3) is 3.19. The zero-order chi connectivity index (χ0) is 11.4. The predicted molar refractivity (Wildman–Crippen MR) is 66.3 cm³/mol. The number of aliphatic hydroxyl groups excluding tert-OH is 1. The van der Waals surface area contributed by atoms with E-state index in [9.17, 15) is 5.11 Å². The van der Waals surface area contributed by atoms with E-state index in [-0.39, 0.29) is 12.1 Å². The third-order valence-electron chi connectivity index (χ3n) is 4.15. The van der Waals surface area contributed by atoms with Crippen molar-refractivity contribution in [1.29, 1.82) is 0 Å². The zero-order valence-corrected chi connectivity index (χ0v) is 10.3. The molecule has 3 nitrogen and oxygen atoms in total. The Labute approximate surface area is 99.0 Å². The van der Waals surface area contributed by atoms with Crippen LogP contribution < -0.4 is 5.73 Å². The molecule has 1 aliphatic carbocycles. The van der Waals surface area contributed by atoms with E-state index in [1.54, 1.807) is 0 Å². The Morgan fingerprint density at radius 2 is 1.62 bits per heavy atom. The normalized spacial score (nSPS) is 28.1. The minimum Gasteiger partial charge on any atom is -0.394 e. The molecule has 1 saturated heterocycles. The molecule has 94 valence electrons. The first kappa shape index (κ1) is 12.3. The van der Waals surface area contributed by atoms with Gasteiger partial charge in [-0.1, -0.05) is 19.3 Å². The van der Waals surface area contributed by atoms with Gasteiger partial charge in [-0.15, -0.1) is 0 Å². The average molecular weight is 226 g/mol. The van der Waals surface area contributed by atoms with Gasteiger partial charge in [0, 0.05) is 6.54 Å². The Balaban J connectivity index is 1.85. The summed E-state index contributed by atoms with van der Waals surface area (Å²) >= 11 is 0. The van der Waals surface area contributed by atoms with Crippen molar-refractivity contribution >= 4 is 0 Å². The molecule has 0 spiro atoms. The molecule has 1 atom stereocenters. The molecule has 2 fully saturated rings. The summed E-state index contributed by atoms with van der Waals surface area (Å²) < 4.78 is 0. The van der Waals surface area contributed by atoms with Crippen molar-refractivity contribution in [3.63, 3.8) is 0 Å². The van der Waals surface area contributed by atoms with Crippen molar-refractivity contribution in [1.82, 2.24) is 4.90 Å². The zero-order valence-electron chi connectivity index (χ0n) is 10.3. The van der Waals surface area contributed by atoms with E-state index in [1.165, 1.54) is 58.0 Å². The summed E-state index contributed by atoms with van der Waals surface area (Å²) in [5.74, 6) is 0.572. The van der Waals surface area contributed by atoms with Gasteiger partial charge in [0.25, 0.3) is 0 Å². The number of likely N-dealkylation sites (tertiary alicyclic amines) is 1. The van der Waals surface area contributed by atoms with Crippen LogP contribution in [0.5, 0.6) is 0 Å². The lowest BCUT2D eigenvalue weighted by atomic mass is 9.94. The second-order valence-electron chi connectivity index (χ2n) is 5.71. The SMILES string of the molecule is NC(CO)(CN1CCCCCCC1)C1CC1. The van der Waals surface area contributed by atoms with E-state index < -0.39 is 0 Å². The lowest BCUT2D eigenvalue weighted by Gasteiger charge is -2.35. The van der Waals surface area contributed by atoms with Crippen molar-refractivity contribution in [3.8, 4) is 0 Å². The summed E-state index contributed by atoms with van der Waals surface area (Å²) in [5, 5.41) is 9.50. The standard InChI is InChI=1S/C13H26N2O/c14-13(11-16,12-6-7-12)10-15-8-4-2-1-3-5-9-15/h12,16H,1-11,14H2. The Morgan fingerprint density at radius 3 is 2.12 bits per heavy atom. The van der Waals surface area contributed by atoms with Gasteiger partial charge in [0.1, 0.15) is 0 Å². The Morgan fingerprint density at radius 1 is 1.06 bits per heavy atom. The first-order chi connectivity index (χ1) is 7.74. The van der Waals surface area contributed by atoms with Crippen molar-refractivity contribution in [2.24, 2.45) is 11.7 Å². The molecule has 0 aromatic rings. The Hall–Kier alpha value is -0.120. The second kappa shape index (κ2) is 5.48. The molecule has 0 aromatic heterocycles. The van der Waals surface area contributed by atoms with Crippen LogP contribution in [0.4, 0.5) is 0 Å². The summed E-state index contributed by atoms with van der Waals surface area (Å²) in [7, 11) is 0. The highest BCUT2D eigenvalue weighted by Gasteiger charge is 2.42. The van der Waals surface area contributed by atoms with Crippen LogP contribution in [0.1, 0.15) is 44.9 Å². The second-order valence-corrected chi connectivity index (χ2v) is 5.71. The van der Waals surface area contributed by atoms with Crippen molar-refractivity contribution in [2.45, 2.75) is 50.5 Å². The molecule has 0 bridgehead atoms. The summed E-state index contributed by atoms with van der Waals surface area (Å²) in [6.45, 7) is 3.39. The van der Waals surface area contributed by atoms with Gasteiger partial charge in [0.15, 0.2) is 0 Å². The molecule has 1 heterocycles. The maximum Gasteiger partial charge on any atom is 0.0626 e. The fourth-order valence-corrected chi connectivity index (χ4v) is 2.85. The largest absolute Gasteiger partial charge is 0.394 e. The van der Waals surface area contributed by atoms with Crippen LogP contribution in [-0.2, 0) is 0 Å². The molecule has 1 saturated carbocycles. The average Bonchev–Trinajstić information content (AvgIpc) is 3.05. The van der Waals surface area contributed by atoms with E-state index >= 15 is 0 Å². The molecule has 3 N–H and O–H groups in total. The van der Waals surface area contributed by atoms with Gasteiger partial charge in [0.2, 0.25) is 0 Å². The van der Waals surface area contributed by atoms with E-state index in [4.69, 9.17) is 5.73 Å². The molecule has 16 heavy (non-hydrogen) atoms. The molecule has 2 aliphatic rings. The molecule has 1 aliphatic heterocycles. The minimum absolute atomic E-state index is 0.147. The summed E-state index contributed by atoms with van der Waals surface area (Å²) in [4.78, 5) is 2.48.